The first-order valence-electron chi connectivity index (χ1n) is 10.6. The molecule has 0 fully saturated rings. The van der Waals surface area contributed by atoms with Crippen LogP contribution in [0.25, 0.3) is 0 Å². The standard InChI is InChI=1S/C27H25N3O3/c1-2-33-27(32)23-15-13-20(14-16-23)18-29-19-24(17-28)26(31)30-25(21-9-5-3-6-10-21)22-11-7-4-8-12-22/h3-16,19,25,29H,2,18H2,1H3,(H,30,31)/b24-19-. The highest BCUT2D eigenvalue weighted by Crippen LogP contribution is 2.22. The summed E-state index contributed by atoms with van der Waals surface area (Å²) in [6.45, 7) is 2.47. The van der Waals surface area contributed by atoms with E-state index in [-0.39, 0.29) is 17.6 Å². The molecule has 0 radical (unpaired) electrons. The molecule has 3 aromatic rings. The molecule has 0 atom stereocenters. The number of hydrogen-bond donors (Lipinski definition) is 2. The number of nitriles is 1. The Morgan fingerprint density at radius 3 is 2.03 bits per heavy atom. The molecule has 2 N–H and O–H groups in total. The van der Waals surface area contributed by atoms with Gasteiger partial charge in [-0.3, -0.25) is 4.79 Å². The molecule has 0 bridgehead atoms. The van der Waals surface area contributed by atoms with Gasteiger partial charge in [-0.15, -0.1) is 0 Å². The Hall–Kier alpha value is -4.37. The minimum Gasteiger partial charge on any atom is -0.462 e. The third kappa shape index (κ3) is 6.55. The molecular weight excluding hydrogens is 414 g/mol. The molecule has 3 rings (SSSR count). The molecule has 3 aromatic carbocycles. The average molecular weight is 440 g/mol. The summed E-state index contributed by atoms with van der Waals surface area (Å²) < 4.78 is 4.97. The third-order valence-corrected chi connectivity index (χ3v) is 4.92. The minimum atomic E-state index is -0.472. The van der Waals surface area contributed by atoms with Gasteiger partial charge in [-0.05, 0) is 35.7 Å². The van der Waals surface area contributed by atoms with Crippen molar-refractivity contribution >= 4 is 11.9 Å². The highest BCUT2D eigenvalue weighted by atomic mass is 16.5. The number of nitrogens with one attached hydrogen (secondary N) is 2. The first-order valence-corrected chi connectivity index (χ1v) is 10.6. The normalized spacial score (nSPS) is 10.9. The highest BCUT2D eigenvalue weighted by molar-refractivity contribution is 5.97. The van der Waals surface area contributed by atoms with Crippen molar-refractivity contribution < 1.29 is 14.3 Å². The van der Waals surface area contributed by atoms with Gasteiger partial charge in [0, 0.05) is 12.7 Å². The summed E-state index contributed by atoms with van der Waals surface area (Å²) in [5.74, 6) is -0.841. The average Bonchev–Trinajstić information content (AvgIpc) is 2.86. The summed E-state index contributed by atoms with van der Waals surface area (Å²) in [6.07, 6.45) is 1.40. The van der Waals surface area contributed by atoms with Crippen LogP contribution in [0.3, 0.4) is 0 Å². The van der Waals surface area contributed by atoms with Crippen LogP contribution in [0.4, 0.5) is 0 Å². The van der Waals surface area contributed by atoms with E-state index in [1.54, 1.807) is 31.2 Å². The second-order valence-corrected chi connectivity index (χ2v) is 7.20. The van der Waals surface area contributed by atoms with Crippen molar-refractivity contribution in [3.05, 3.63) is 119 Å². The van der Waals surface area contributed by atoms with Gasteiger partial charge in [-0.1, -0.05) is 72.8 Å². The molecule has 0 aromatic heterocycles. The van der Waals surface area contributed by atoms with Crippen molar-refractivity contribution in [3.63, 3.8) is 0 Å². The van der Waals surface area contributed by atoms with Crippen LogP contribution in [-0.2, 0) is 16.1 Å². The Kier molecular flexibility index (Phi) is 8.38. The van der Waals surface area contributed by atoms with E-state index in [4.69, 9.17) is 4.74 Å². The number of carbonyl (C=O) groups excluding carboxylic acids is 2. The summed E-state index contributed by atoms with van der Waals surface area (Å²) in [4.78, 5) is 24.6. The van der Waals surface area contributed by atoms with Crippen molar-refractivity contribution in [2.24, 2.45) is 0 Å². The van der Waals surface area contributed by atoms with E-state index in [0.717, 1.165) is 16.7 Å². The summed E-state index contributed by atoms with van der Waals surface area (Å²) in [6, 6.07) is 27.7. The number of hydrogen-bond acceptors (Lipinski definition) is 5. The van der Waals surface area contributed by atoms with E-state index in [2.05, 4.69) is 10.6 Å². The number of rotatable bonds is 9. The van der Waals surface area contributed by atoms with Gasteiger partial charge in [0.1, 0.15) is 11.6 Å². The summed E-state index contributed by atoms with van der Waals surface area (Å²) in [5.41, 5.74) is 3.17. The molecule has 0 heterocycles. The predicted molar refractivity (Wildman–Crippen MR) is 126 cm³/mol. The van der Waals surface area contributed by atoms with Gasteiger partial charge in [0.2, 0.25) is 0 Å². The van der Waals surface area contributed by atoms with Crippen molar-refractivity contribution in [1.29, 1.82) is 5.26 Å². The lowest BCUT2D eigenvalue weighted by atomic mass is 9.98. The van der Waals surface area contributed by atoms with Crippen molar-refractivity contribution in [2.45, 2.75) is 19.5 Å². The SMILES string of the molecule is CCOC(=O)c1ccc(CN/C=C(/C#N)C(=O)NC(c2ccccc2)c2ccccc2)cc1. The van der Waals surface area contributed by atoms with Gasteiger partial charge in [0.15, 0.2) is 0 Å². The second-order valence-electron chi connectivity index (χ2n) is 7.20. The molecular formula is C27H25N3O3. The van der Waals surface area contributed by atoms with Crippen LogP contribution >= 0.6 is 0 Å². The van der Waals surface area contributed by atoms with E-state index in [1.165, 1.54) is 6.20 Å². The van der Waals surface area contributed by atoms with Gasteiger partial charge in [-0.25, -0.2) is 4.79 Å². The Morgan fingerprint density at radius 1 is 0.939 bits per heavy atom. The summed E-state index contributed by atoms with van der Waals surface area (Å²) in [7, 11) is 0. The summed E-state index contributed by atoms with van der Waals surface area (Å²) in [5, 5.41) is 15.5. The zero-order valence-corrected chi connectivity index (χ0v) is 18.3. The Bertz CT molecular complexity index is 1100. The van der Waals surface area contributed by atoms with Crippen molar-refractivity contribution in [2.75, 3.05) is 6.61 Å². The lowest BCUT2D eigenvalue weighted by Crippen LogP contribution is -2.30. The molecule has 0 spiro atoms. The fourth-order valence-corrected chi connectivity index (χ4v) is 3.25. The van der Waals surface area contributed by atoms with Crippen LogP contribution in [0.15, 0.2) is 96.7 Å². The number of ether oxygens (including phenoxy) is 1. The van der Waals surface area contributed by atoms with Crippen LogP contribution in [0.2, 0.25) is 0 Å². The maximum Gasteiger partial charge on any atom is 0.338 e. The van der Waals surface area contributed by atoms with E-state index < -0.39 is 5.91 Å². The highest BCUT2D eigenvalue weighted by Gasteiger charge is 2.19. The predicted octanol–water partition coefficient (Wildman–Crippen LogP) is 4.27. The fraction of sp³-hybridized carbons (Fsp3) is 0.148. The Morgan fingerprint density at radius 2 is 1.52 bits per heavy atom. The number of benzene rings is 3. The van der Waals surface area contributed by atoms with Crippen molar-refractivity contribution in [1.82, 2.24) is 10.6 Å². The maximum atomic E-state index is 12.9. The zero-order valence-electron chi connectivity index (χ0n) is 18.3. The molecule has 6 nitrogen and oxygen atoms in total. The smallest absolute Gasteiger partial charge is 0.338 e. The van der Waals surface area contributed by atoms with Crippen LogP contribution in [0.5, 0.6) is 0 Å². The number of carbonyl (C=O) groups is 2. The van der Waals surface area contributed by atoms with Crippen LogP contribution in [-0.4, -0.2) is 18.5 Å². The lowest BCUT2D eigenvalue weighted by molar-refractivity contribution is -0.117. The molecule has 0 aliphatic heterocycles. The monoisotopic (exact) mass is 439 g/mol. The molecule has 1 amide bonds. The molecule has 0 saturated heterocycles. The van der Waals surface area contributed by atoms with Gasteiger partial charge < -0.3 is 15.4 Å². The van der Waals surface area contributed by atoms with Crippen LogP contribution < -0.4 is 10.6 Å². The molecule has 0 aliphatic rings. The van der Waals surface area contributed by atoms with Gasteiger partial charge >= 0.3 is 5.97 Å². The Labute approximate surface area is 193 Å². The zero-order chi connectivity index (χ0) is 23.5. The van der Waals surface area contributed by atoms with E-state index >= 15 is 0 Å². The number of nitrogens with zero attached hydrogens (tertiary/aromatic N) is 1. The number of esters is 1. The molecule has 0 aliphatic carbocycles. The minimum absolute atomic E-state index is 0.0324. The van der Waals surface area contributed by atoms with Gasteiger partial charge in [0.25, 0.3) is 5.91 Å². The number of amides is 1. The lowest BCUT2D eigenvalue weighted by Gasteiger charge is -2.19. The molecule has 33 heavy (non-hydrogen) atoms. The molecule has 0 saturated carbocycles. The van der Waals surface area contributed by atoms with E-state index in [0.29, 0.717) is 18.7 Å². The van der Waals surface area contributed by atoms with Crippen LogP contribution in [0.1, 0.15) is 40.0 Å². The summed E-state index contributed by atoms with van der Waals surface area (Å²) >= 11 is 0. The van der Waals surface area contributed by atoms with Gasteiger partial charge in [0.05, 0.1) is 18.2 Å². The molecule has 166 valence electrons. The van der Waals surface area contributed by atoms with E-state index in [9.17, 15) is 14.9 Å². The first-order chi connectivity index (χ1) is 16.1. The fourth-order valence-electron chi connectivity index (χ4n) is 3.25. The van der Waals surface area contributed by atoms with Crippen molar-refractivity contribution in [3.8, 4) is 6.07 Å². The largest absolute Gasteiger partial charge is 0.462 e. The van der Waals surface area contributed by atoms with Crippen LogP contribution in [0, 0.1) is 11.3 Å². The first kappa shape index (κ1) is 23.3. The third-order valence-electron chi connectivity index (χ3n) is 4.92. The maximum absolute atomic E-state index is 12.9. The topological polar surface area (TPSA) is 91.2 Å². The van der Waals surface area contributed by atoms with E-state index in [1.807, 2.05) is 66.7 Å². The molecule has 0 unspecified atom stereocenters. The second kappa shape index (κ2) is 11.9. The van der Waals surface area contributed by atoms with Gasteiger partial charge in [-0.2, -0.15) is 5.26 Å². The Balaban J connectivity index is 1.67. The quantitative estimate of drug-likeness (QED) is 0.295. The molecule has 6 heteroatoms.